The van der Waals surface area contributed by atoms with Gasteiger partial charge in [-0.15, -0.1) is 0 Å². The molecule has 5 rings (SSSR count). The molecule has 3 nitrogen and oxygen atoms in total. The molecule has 4 aliphatic carbocycles. The van der Waals surface area contributed by atoms with Crippen LogP contribution in [0.15, 0.2) is 23.3 Å². The first-order valence-electron chi connectivity index (χ1n) is 12.6. The van der Waals surface area contributed by atoms with Crippen LogP contribution in [0.1, 0.15) is 72.6 Å². The predicted molar refractivity (Wildman–Crippen MR) is 124 cm³/mol. The molecule has 0 aromatic rings. The highest BCUT2D eigenvalue weighted by Gasteiger charge is 2.61. The number of hydrogen-bond donors (Lipinski definition) is 1. The van der Waals surface area contributed by atoms with Gasteiger partial charge in [-0.25, -0.2) is 0 Å². The lowest BCUT2D eigenvalue weighted by atomic mass is 9.51. The topological polar surface area (TPSA) is 24.5 Å². The molecule has 0 amide bonds. The maximum atomic E-state index is 6.10. The normalized spacial score (nSPS) is 49.7. The number of nitrogens with one attached hydrogen (secondary N) is 1. The van der Waals surface area contributed by atoms with Gasteiger partial charge in [0.25, 0.3) is 0 Å². The molecule has 0 bridgehead atoms. The van der Waals surface area contributed by atoms with Crippen molar-refractivity contribution in [3.05, 3.63) is 23.3 Å². The van der Waals surface area contributed by atoms with Crippen molar-refractivity contribution in [2.75, 3.05) is 27.4 Å². The molecule has 168 valence electrons. The molecule has 3 heteroatoms. The zero-order chi connectivity index (χ0) is 21.3. The van der Waals surface area contributed by atoms with E-state index in [1.54, 1.807) is 11.1 Å². The lowest BCUT2D eigenvalue weighted by molar-refractivity contribution is -0.143. The van der Waals surface area contributed by atoms with Crippen molar-refractivity contribution in [1.29, 1.82) is 0 Å². The summed E-state index contributed by atoms with van der Waals surface area (Å²) in [6.45, 7) is 12.0. The molecule has 30 heavy (non-hydrogen) atoms. The Morgan fingerprint density at radius 1 is 1.10 bits per heavy atom. The van der Waals surface area contributed by atoms with Crippen LogP contribution >= 0.6 is 0 Å². The zero-order valence-electron chi connectivity index (χ0n) is 20.3. The molecule has 2 saturated carbocycles. The Morgan fingerprint density at radius 2 is 1.87 bits per heavy atom. The Bertz CT molecular complexity index is 758. The quantitative estimate of drug-likeness (QED) is 0.658. The van der Waals surface area contributed by atoms with Crippen LogP contribution in [0, 0.1) is 34.0 Å². The maximum absolute atomic E-state index is 6.10. The Labute approximate surface area is 184 Å². The summed E-state index contributed by atoms with van der Waals surface area (Å²) in [4.78, 5) is 2.48. The molecule has 5 aliphatic rings. The monoisotopic (exact) mass is 412 g/mol. The van der Waals surface area contributed by atoms with Crippen molar-refractivity contribution in [1.82, 2.24) is 10.2 Å². The molecule has 1 aliphatic heterocycles. The zero-order valence-corrected chi connectivity index (χ0v) is 20.3. The van der Waals surface area contributed by atoms with Crippen LogP contribution in [0.3, 0.4) is 0 Å². The molecule has 0 aromatic heterocycles. The van der Waals surface area contributed by atoms with Gasteiger partial charge in [0.1, 0.15) is 0 Å². The van der Waals surface area contributed by atoms with Gasteiger partial charge in [-0.05, 0) is 100 Å². The molecule has 1 saturated heterocycles. The van der Waals surface area contributed by atoms with Gasteiger partial charge >= 0.3 is 0 Å². The van der Waals surface area contributed by atoms with Crippen LogP contribution in [0.4, 0.5) is 0 Å². The van der Waals surface area contributed by atoms with E-state index < -0.39 is 0 Å². The highest BCUT2D eigenvalue weighted by atomic mass is 16.5. The molecule has 0 unspecified atom stereocenters. The fraction of sp³-hybridized carbons (Fsp3) is 0.852. The first kappa shape index (κ1) is 21.2. The molecule has 0 aromatic carbocycles. The fourth-order valence-corrected chi connectivity index (χ4v) is 9.05. The highest BCUT2D eigenvalue weighted by Crippen LogP contribution is 2.68. The number of fused-ring (bicyclic) bond motifs is 6. The van der Waals surface area contributed by atoms with E-state index in [1.165, 1.54) is 44.9 Å². The summed E-state index contributed by atoms with van der Waals surface area (Å²) < 4.78 is 6.10. The lowest BCUT2D eigenvalue weighted by Crippen LogP contribution is -2.58. The van der Waals surface area contributed by atoms with Crippen LogP contribution < -0.4 is 5.32 Å². The smallest absolute Gasteiger partial charge is 0.0990 e. The molecular formula is C27H44N2O. The van der Waals surface area contributed by atoms with Crippen molar-refractivity contribution in [3.63, 3.8) is 0 Å². The van der Waals surface area contributed by atoms with Gasteiger partial charge in [0.15, 0.2) is 0 Å². The number of hydrogen-bond acceptors (Lipinski definition) is 3. The van der Waals surface area contributed by atoms with Gasteiger partial charge in [-0.3, -0.25) is 4.90 Å². The van der Waals surface area contributed by atoms with Gasteiger partial charge < -0.3 is 10.1 Å². The maximum Gasteiger partial charge on any atom is 0.0990 e. The second-order valence-electron chi connectivity index (χ2n) is 12.2. The minimum absolute atomic E-state index is 0.272. The molecule has 0 radical (unpaired) electrons. The molecule has 8 atom stereocenters. The van der Waals surface area contributed by atoms with E-state index in [-0.39, 0.29) is 5.41 Å². The summed E-state index contributed by atoms with van der Waals surface area (Å²) in [5.74, 6) is 2.20. The van der Waals surface area contributed by atoms with Crippen molar-refractivity contribution in [3.8, 4) is 0 Å². The Balaban J connectivity index is 1.48. The summed E-state index contributed by atoms with van der Waals surface area (Å²) in [7, 11) is 4.42. The Hall–Kier alpha value is -0.640. The number of rotatable bonds is 2. The Kier molecular flexibility index (Phi) is 5.08. The molecular weight excluding hydrogens is 368 g/mol. The summed E-state index contributed by atoms with van der Waals surface area (Å²) in [5.41, 5.74) is 4.55. The summed E-state index contributed by atoms with van der Waals surface area (Å²) in [6.07, 6.45) is 14.7. The van der Waals surface area contributed by atoms with Gasteiger partial charge in [0.05, 0.1) is 13.3 Å². The Morgan fingerprint density at radius 3 is 2.63 bits per heavy atom. The molecule has 0 spiro atoms. The van der Waals surface area contributed by atoms with E-state index in [1.807, 2.05) is 0 Å². The highest BCUT2D eigenvalue weighted by molar-refractivity contribution is 5.37. The number of nitrogens with zero attached hydrogens (tertiary/aromatic N) is 1. The first-order chi connectivity index (χ1) is 14.2. The minimum atomic E-state index is 0.272. The van der Waals surface area contributed by atoms with E-state index in [9.17, 15) is 0 Å². The van der Waals surface area contributed by atoms with E-state index >= 15 is 0 Å². The van der Waals surface area contributed by atoms with Gasteiger partial charge in [-0.1, -0.05) is 38.5 Å². The van der Waals surface area contributed by atoms with Crippen molar-refractivity contribution >= 4 is 0 Å². The average molecular weight is 413 g/mol. The molecule has 3 fully saturated rings. The van der Waals surface area contributed by atoms with Gasteiger partial charge in [-0.2, -0.15) is 0 Å². The van der Waals surface area contributed by atoms with Gasteiger partial charge in [0.2, 0.25) is 0 Å². The minimum Gasteiger partial charge on any atom is -0.365 e. The summed E-state index contributed by atoms with van der Waals surface area (Å²) >= 11 is 0. The number of ether oxygens (including phenoxy) is 1. The fourth-order valence-electron chi connectivity index (χ4n) is 9.05. The first-order valence-corrected chi connectivity index (χ1v) is 12.6. The average Bonchev–Trinajstić information content (AvgIpc) is 2.87. The van der Waals surface area contributed by atoms with E-state index in [0.717, 1.165) is 25.2 Å². The van der Waals surface area contributed by atoms with Crippen LogP contribution in [0.5, 0.6) is 0 Å². The van der Waals surface area contributed by atoms with Crippen LogP contribution in [0.2, 0.25) is 0 Å². The third-order valence-corrected chi connectivity index (χ3v) is 11.1. The van der Waals surface area contributed by atoms with Crippen LogP contribution in [0.25, 0.3) is 0 Å². The van der Waals surface area contributed by atoms with E-state index in [4.69, 9.17) is 4.74 Å². The second kappa shape index (κ2) is 7.18. The van der Waals surface area contributed by atoms with Crippen LogP contribution in [-0.2, 0) is 4.74 Å². The van der Waals surface area contributed by atoms with E-state index in [0.29, 0.717) is 28.8 Å². The summed E-state index contributed by atoms with van der Waals surface area (Å²) in [6, 6.07) is 1.28. The molecule has 1 N–H and O–H groups in total. The second-order valence-corrected chi connectivity index (χ2v) is 12.2. The van der Waals surface area contributed by atoms with Gasteiger partial charge in [0, 0.05) is 17.5 Å². The van der Waals surface area contributed by atoms with Crippen molar-refractivity contribution in [2.45, 2.75) is 84.7 Å². The largest absolute Gasteiger partial charge is 0.365 e. The van der Waals surface area contributed by atoms with Crippen molar-refractivity contribution < 1.29 is 4.74 Å². The van der Waals surface area contributed by atoms with Crippen LogP contribution in [-0.4, -0.2) is 44.4 Å². The third-order valence-electron chi connectivity index (χ3n) is 11.1. The predicted octanol–water partition coefficient (Wildman–Crippen LogP) is 5.39. The lowest BCUT2D eigenvalue weighted by Gasteiger charge is -2.55. The van der Waals surface area contributed by atoms with Crippen molar-refractivity contribution in [2.24, 2.45) is 34.0 Å². The number of allylic oxidation sites excluding steroid dienone is 4. The molecule has 1 heterocycles. The van der Waals surface area contributed by atoms with E-state index in [2.05, 4.69) is 64.2 Å². The summed E-state index contributed by atoms with van der Waals surface area (Å²) in [5, 5.41) is 3.60. The standard InChI is InChI=1S/C27H44N2O/c1-18(28-5)21-12-14-27(4)23-9-8-22-19(15-20(23)11-13-26(21,27)3)7-10-24-25(22,2)16-30-17-29(24)6/h11,15,18,21-24,28H,7-10,12-14,16-17H2,1-6H3/t18-,21-,22-,23-,24+,25-,26-,27+/m1/s1. The third kappa shape index (κ3) is 2.74. The SMILES string of the molecule is CN[C@H](C)[C@H]1CC[C@@]2(C)[C@@H]3CC[C@@H]4C(=CC3=CC[C@]12C)CC[C@@H]1N(C)COC[C@]41C.